The highest BCUT2D eigenvalue weighted by molar-refractivity contribution is 5.83. The standard InChI is InChI=1S/C19H28N2O2/c1-2-19(14-22)10-12-21(13-11-19)17(15-6-4-3-5-7-15)18(23)20-16-8-9-16/h3-7,16-17,22H,2,8-14H2,1H3,(H,20,23). The summed E-state index contributed by atoms with van der Waals surface area (Å²) in [7, 11) is 0. The van der Waals surface area contributed by atoms with Gasteiger partial charge < -0.3 is 10.4 Å². The minimum atomic E-state index is -0.203. The molecule has 1 aromatic rings. The Bertz CT molecular complexity index is 513. The fourth-order valence-corrected chi connectivity index (χ4v) is 3.55. The predicted octanol–water partition coefficient (Wildman–Crippen LogP) is 2.49. The summed E-state index contributed by atoms with van der Waals surface area (Å²) < 4.78 is 0. The van der Waals surface area contributed by atoms with Gasteiger partial charge in [-0.1, -0.05) is 37.3 Å². The number of benzene rings is 1. The third-order valence-corrected chi connectivity index (χ3v) is 5.60. The normalized spacial score (nSPS) is 22.5. The highest BCUT2D eigenvalue weighted by atomic mass is 16.3. The molecular formula is C19H28N2O2. The van der Waals surface area contributed by atoms with Crippen molar-refractivity contribution in [1.82, 2.24) is 10.2 Å². The van der Waals surface area contributed by atoms with Gasteiger partial charge in [0, 0.05) is 12.6 Å². The predicted molar refractivity (Wildman–Crippen MR) is 91.0 cm³/mol. The molecule has 0 spiro atoms. The van der Waals surface area contributed by atoms with Crippen molar-refractivity contribution in [3.8, 4) is 0 Å². The van der Waals surface area contributed by atoms with Crippen LogP contribution < -0.4 is 5.32 Å². The SMILES string of the molecule is CCC1(CO)CCN(C(C(=O)NC2CC2)c2ccccc2)CC1. The van der Waals surface area contributed by atoms with Crippen LogP contribution in [0.2, 0.25) is 0 Å². The van der Waals surface area contributed by atoms with E-state index in [1.54, 1.807) is 0 Å². The van der Waals surface area contributed by atoms with Gasteiger partial charge >= 0.3 is 0 Å². The second-order valence-electron chi connectivity index (χ2n) is 7.14. The molecule has 4 nitrogen and oxygen atoms in total. The molecule has 1 unspecified atom stereocenters. The Hall–Kier alpha value is -1.39. The quantitative estimate of drug-likeness (QED) is 0.848. The molecule has 4 heteroatoms. The number of hydrogen-bond acceptors (Lipinski definition) is 3. The summed E-state index contributed by atoms with van der Waals surface area (Å²) in [6.45, 7) is 4.14. The van der Waals surface area contributed by atoms with Crippen molar-refractivity contribution < 1.29 is 9.90 Å². The van der Waals surface area contributed by atoms with Gasteiger partial charge in [-0.05, 0) is 56.2 Å². The van der Waals surface area contributed by atoms with E-state index in [4.69, 9.17) is 0 Å². The Morgan fingerprint density at radius 2 is 1.96 bits per heavy atom. The molecule has 1 aromatic carbocycles. The van der Waals surface area contributed by atoms with Crippen molar-refractivity contribution in [3.05, 3.63) is 35.9 Å². The zero-order valence-corrected chi connectivity index (χ0v) is 14.0. The van der Waals surface area contributed by atoms with Gasteiger partial charge in [-0.25, -0.2) is 0 Å². The molecule has 1 aliphatic heterocycles. The molecule has 126 valence electrons. The van der Waals surface area contributed by atoms with Gasteiger partial charge in [0.1, 0.15) is 6.04 Å². The lowest BCUT2D eigenvalue weighted by Crippen LogP contribution is -2.48. The number of carbonyl (C=O) groups is 1. The molecule has 1 amide bonds. The van der Waals surface area contributed by atoms with Crippen LogP contribution in [0.1, 0.15) is 50.6 Å². The number of aliphatic hydroxyl groups is 1. The van der Waals surface area contributed by atoms with E-state index in [2.05, 4.69) is 17.1 Å². The summed E-state index contributed by atoms with van der Waals surface area (Å²) in [5, 5.41) is 12.9. The van der Waals surface area contributed by atoms with Gasteiger partial charge in [0.25, 0.3) is 0 Å². The van der Waals surface area contributed by atoms with Crippen molar-refractivity contribution in [2.45, 2.75) is 51.1 Å². The number of likely N-dealkylation sites (tertiary alicyclic amines) is 1. The molecule has 0 bridgehead atoms. The monoisotopic (exact) mass is 316 g/mol. The van der Waals surface area contributed by atoms with Crippen molar-refractivity contribution >= 4 is 5.91 Å². The summed E-state index contributed by atoms with van der Waals surface area (Å²) in [5.74, 6) is 0.131. The first kappa shape index (κ1) is 16.5. The highest BCUT2D eigenvalue weighted by Gasteiger charge is 2.38. The summed E-state index contributed by atoms with van der Waals surface area (Å²) in [6, 6.07) is 10.3. The molecule has 2 N–H and O–H groups in total. The third-order valence-electron chi connectivity index (χ3n) is 5.60. The van der Waals surface area contributed by atoms with Crippen molar-refractivity contribution in [3.63, 3.8) is 0 Å². The highest BCUT2D eigenvalue weighted by Crippen LogP contribution is 2.37. The first-order chi connectivity index (χ1) is 11.2. The van der Waals surface area contributed by atoms with Gasteiger partial charge in [-0.15, -0.1) is 0 Å². The average Bonchev–Trinajstić information content (AvgIpc) is 3.41. The van der Waals surface area contributed by atoms with Gasteiger partial charge in [0.15, 0.2) is 0 Å². The summed E-state index contributed by atoms with van der Waals surface area (Å²) in [4.78, 5) is 15.1. The van der Waals surface area contributed by atoms with Crippen LogP contribution in [-0.2, 0) is 4.79 Å². The third kappa shape index (κ3) is 3.75. The molecule has 1 saturated carbocycles. The Labute approximate surface area is 138 Å². The molecule has 23 heavy (non-hydrogen) atoms. The van der Waals surface area contributed by atoms with Crippen molar-refractivity contribution in [1.29, 1.82) is 0 Å². The zero-order chi connectivity index (χ0) is 16.3. The van der Waals surface area contributed by atoms with E-state index < -0.39 is 0 Å². The topological polar surface area (TPSA) is 52.6 Å². The fourth-order valence-electron chi connectivity index (χ4n) is 3.55. The van der Waals surface area contributed by atoms with Gasteiger partial charge in [0.05, 0.1) is 0 Å². The molecule has 1 aliphatic carbocycles. The lowest BCUT2D eigenvalue weighted by atomic mass is 9.76. The molecule has 1 heterocycles. The first-order valence-electron chi connectivity index (χ1n) is 8.88. The second kappa shape index (κ2) is 7.02. The molecule has 0 aromatic heterocycles. The maximum atomic E-state index is 12.8. The van der Waals surface area contributed by atoms with E-state index in [1.165, 1.54) is 0 Å². The van der Waals surface area contributed by atoms with Crippen LogP contribution in [0.3, 0.4) is 0 Å². The van der Waals surface area contributed by atoms with Gasteiger partial charge in [-0.3, -0.25) is 9.69 Å². The van der Waals surface area contributed by atoms with Crippen LogP contribution in [-0.4, -0.2) is 41.7 Å². The first-order valence-corrected chi connectivity index (χ1v) is 8.88. The van der Waals surface area contributed by atoms with E-state index >= 15 is 0 Å². The molecule has 0 radical (unpaired) electrons. The van der Waals surface area contributed by atoms with Crippen LogP contribution in [0.4, 0.5) is 0 Å². The van der Waals surface area contributed by atoms with Crippen LogP contribution in [0.15, 0.2) is 30.3 Å². The minimum absolute atomic E-state index is 0.0463. The Kier molecular flexibility index (Phi) is 5.02. The van der Waals surface area contributed by atoms with Gasteiger partial charge in [0.2, 0.25) is 5.91 Å². The Balaban J connectivity index is 1.75. The summed E-state index contributed by atoms with van der Waals surface area (Å²) in [6.07, 6.45) is 5.13. The lowest BCUT2D eigenvalue weighted by molar-refractivity contribution is -0.128. The van der Waals surface area contributed by atoms with Crippen LogP contribution >= 0.6 is 0 Å². The molecule has 1 atom stereocenters. The number of amides is 1. The number of nitrogens with zero attached hydrogens (tertiary/aromatic N) is 1. The molecule has 2 fully saturated rings. The van der Waals surface area contributed by atoms with E-state index in [1.807, 2.05) is 30.3 Å². The van der Waals surface area contributed by atoms with E-state index in [9.17, 15) is 9.90 Å². The number of rotatable bonds is 6. The van der Waals surface area contributed by atoms with Gasteiger partial charge in [-0.2, -0.15) is 0 Å². The largest absolute Gasteiger partial charge is 0.396 e. The number of hydrogen-bond donors (Lipinski definition) is 2. The fraction of sp³-hybridized carbons (Fsp3) is 0.632. The summed E-state index contributed by atoms with van der Waals surface area (Å²) in [5.41, 5.74) is 1.11. The lowest BCUT2D eigenvalue weighted by Gasteiger charge is -2.43. The van der Waals surface area contributed by atoms with Crippen LogP contribution in [0, 0.1) is 5.41 Å². The molecule has 2 aliphatic rings. The van der Waals surface area contributed by atoms with E-state index in [0.717, 1.165) is 50.8 Å². The molecular weight excluding hydrogens is 288 g/mol. The second-order valence-corrected chi connectivity index (χ2v) is 7.14. The van der Waals surface area contributed by atoms with E-state index in [0.29, 0.717) is 6.04 Å². The van der Waals surface area contributed by atoms with Crippen molar-refractivity contribution in [2.75, 3.05) is 19.7 Å². The maximum Gasteiger partial charge on any atom is 0.242 e. The number of aliphatic hydroxyl groups excluding tert-OH is 1. The summed E-state index contributed by atoms with van der Waals surface area (Å²) >= 11 is 0. The Morgan fingerprint density at radius 1 is 1.30 bits per heavy atom. The van der Waals surface area contributed by atoms with Crippen LogP contribution in [0.25, 0.3) is 0 Å². The Morgan fingerprint density at radius 3 is 2.48 bits per heavy atom. The smallest absolute Gasteiger partial charge is 0.242 e. The number of carbonyl (C=O) groups excluding carboxylic acids is 1. The van der Waals surface area contributed by atoms with E-state index in [-0.39, 0.29) is 24.0 Å². The van der Waals surface area contributed by atoms with Crippen molar-refractivity contribution in [2.24, 2.45) is 5.41 Å². The number of piperidine rings is 1. The average molecular weight is 316 g/mol. The molecule has 3 rings (SSSR count). The number of nitrogens with one attached hydrogen (secondary N) is 1. The minimum Gasteiger partial charge on any atom is -0.396 e. The zero-order valence-electron chi connectivity index (χ0n) is 14.0. The van der Waals surface area contributed by atoms with Crippen LogP contribution in [0.5, 0.6) is 0 Å². The molecule has 1 saturated heterocycles. The maximum absolute atomic E-state index is 12.8.